The molecule has 138 valence electrons. The van der Waals surface area contributed by atoms with Crippen LogP contribution in [0.3, 0.4) is 0 Å². The molecule has 0 aliphatic carbocycles. The average Bonchev–Trinajstić information content (AvgIpc) is 2.50. The van der Waals surface area contributed by atoms with Crippen molar-refractivity contribution in [3.8, 4) is 0 Å². The van der Waals surface area contributed by atoms with Crippen LogP contribution in [0.1, 0.15) is 13.8 Å². The fourth-order valence-corrected chi connectivity index (χ4v) is 2.62. The van der Waals surface area contributed by atoms with Gasteiger partial charge in [-0.1, -0.05) is 11.6 Å². The second-order valence-corrected chi connectivity index (χ2v) is 6.30. The first-order valence-electron chi connectivity index (χ1n) is 6.78. The molecule has 1 N–H and O–H groups in total. The molecule has 0 heterocycles. The van der Waals surface area contributed by atoms with Crippen LogP contribution in [0, 0.1) is 5.82 Å². The lowest BCUT2D eigenvalue weighted by Gasteiger charge is -2.13. The zero-order valence-electron chi connectivity index (χ0n) is 13.0. The average molecular weight is 401 g/mol. The highest BCUT2D eigenvalue weighted by atomic mass is 35.5. The highest BCUT2D eigenvalue weighted by Crippen LogP contribution is 2.34. The van der Waals surface area contributed by atoms with E-state index < -0.39 is 29.0 Å². The van der Waals surface area contributed by atoms with Gasteiger partial charge in [-0.2, -0.15) is 18.3 Å². The second-order valence-electron chi connectivity index (χ2n) is 4.51. The van der Waals surface area contributed by atoms with E-state index in [9.17, 15) is 27.2 Å². The predicted molar refractivity (Wildman–Crippen MR) is 86.5 cm³/mol. The van der Waals surface area contributed by atoms with Crippen molar-refractivity contribution in [1.29, 1.82) is 0 Å². The minimum Gasteiger partial charge on any atom is -0.465 e. The molecule has 1 aromatic rings. The second kappa shape index (κ2) is 9.04. The SMILES string of the molecule is CCOC(=O)C(C)Sc1cc(N/N=C/C(=O)C(F)(F)F)c(F)cc1Cl. The molecule has 0 aliphatic rings. The van der Waals surface area contributed by atoms with Gasteiger partial charge in [-0.05, 0) is 26.0 Å². The molecule has 1 unspecified atom stereocenters. The Bertz CT molecular complexity index is 683. The number of ether oxygens (including phenoxy) is 1. The number of ketones is 1. The van der Waals surface area contributed by atoms with E-state index in [2.05, 4.69) is 5.10 Å². The molecule has 0 amide bonds. The molecular formula is C14H13ClF4N2O3S. The number of Topliss-reactive ketones (excluding diaryl/α,β-unsaturated/α-hetero) is 1. The number of carbonyl (C=O) groups is 2. The van der Waals surface area contributed by atoms with Gasteiger partial charge in [-0.25, -0.2) is 4.39 Å². The number of thioether (sulfide) groups is 1. The quantitative estimate of drug-likeness (QED) is 0.246. The number of hydrogen-bond donors (Lipinski definition) is 1. The van der Waals surface area contributed by atoms with Crippen molar-refractivity contribution >= 4 is 47.0 Å². The summed E-state index contributed by atoms with van der Waals surface area (Å²) < 4.78 is 54.7. The Morgan fingerprint density at radius 2 is 2.08 bits per heavy atom. The molecule has 0 radical (unpaired) electrons. The van der Waals surface area contributed by atoms with E-state index in [0.29, 0.717) is 0 Å². The maximum Gasteiger partial charge on any atom is 0.455 e. The van der Waals surface area contributed by atoms with Crippen molar-refractivity contribution in [2.24, 2.45) is 5.10 Å². The van der Waals surface area contributed by atoms with E-state index in [-0.39, 0.29) is 28.4 Å². The van der Waals surface area contributed by atoms with E-state index in [4.69, 9.17) is 16.3 Å². The Hall–Kier alpha value is -1.81. The Morgan fingerprint density at radius 1 is 1.44 bits per heavy atom. The van der Waals surface area contributed by atoms with E-state index >= 15 is 0 Å². The summed E-state index contributed by atoms with van der Waals surface area (Å²) in [7, 11) is 0. The lowest BCUT2D eigenvalue weighted by molar-refractivity contribution is -0.162. The zero-order chi connectivity index (χ0) is 19.2. The van der Waals surface area contributed by atoms with Crippen molar-refractivity contribution in [3.05, 3.63) is 23.0 Å². The number of rotatable bonds is 7. The normalized spacial score (nSPS) is 12.9. The van der Waals surface area contributed by atoms with Gasteiger partial charge in [0.2, 0.25) is 0 Å². The summed E-state index contributed by atoms with van der Waals surface area (Å²) in [5.74, 6) is -3.59. The number of hydrazone groups is 1. The number of anilines is 1. The van der Waals surface area contributed by atoms with Crippen molar-refractivity contribution in [1.82, 2.24) is 0 Å². The molecule has 0 aromatic heterocycles. The highest BCUT2D eigenvalue weighted by molar-refractivity contribution is 8.00. The van der Waals surface area contributed by atoms with Crippen molar-refractivity contribution < 1.29 is 31.9 Å². The molecule has 0 fully saturated rings. The third-order valence-corrected chi connectivity index (χ3v) is 4.15. The third-order valence-electron chi connectivity index (χ3n) is 2.59. The number of esters is 1. The van der Waals surface area contributed by atoms with Gasteiger partial charge in [-0.3, -0.25) is 15.0 Å². The number of nitrogens with zero attached hydrogens (tertiary/aromatic N) is 1. The van der Waals surface area contributed by atoms with Crippen LogP contribution in [0.5, 0.6) is 0 Å². The number of nitrogens with one attached hydrogen (secondary N) is 1. The van der Waals surface area contributed by atoms with Gasteiger partial charge in [-0.15, -0.1) is 11.8 Å². The minimum absolute atomic E-state index is 0.000420. The van der Waals surface area contributed by atoms with Crippen LogP contribution >= 0.6 is 23.4 Å². The molecule has 0 aliphatic heterocycles. The van der Waals surface area contributed by atoms with Crippen LogP contribution in [0.4, 0.5) is 23.2 Å². The van der Waals surface area contributed by atoms with Gasteiger partial charge in [0.15, 0.2) is 0 Å². The topological polar surface area (TPSA) is 67.8 Å². The maximum absolute atomic E-state index is 13.8. The van der Waals surface area contributed by atoms with E-state index in [1.807, 2.05) is 5.43 Å². The van der Waals surface area contributed by atoms with Crippen LogP contribution in [-0.4, -0.2) is 36.0 Å². The van der Waals surface area contributed by atoms with Gasteiger partial charge < -0.3 is 4.74 Å². The lowest BCUT2D eigenvalue weighted by atomic mass is 10.3. The number of alkyl halides is 3. The molecule has 25 heavy (non-hydrogen) atoms. The fraction of sp³-hybridized carbons (Fsp3) is 0.357. The summed E-state index contributed by atoms with van der Waals surface area (Å²) in [5, 5.41) is 2.41. The first-order chi connectivity index (χ1) is 11.6. The molecular weight excluding hydrogens is 388 g/mol. The van der Waals surface area contributed by atoms with Crippen molar-refractivity contribution in [2.45, 2.75) is 30.2 Å². The Morgan fingerprint density at radius 3 is 2.64 bits per heavy atom. The highest BCUT2D eigenvalue weighted by Gasteiger charge is 2.36. The number of halogens is 5. The Labute approximate surface area is 149 Å². The number of benzene rings is 1. The lowest BCUT2D eigenvalue weighted by Crippen LogP contribution is -2.24. The van der Waals surface area contributed by atoms with Crippen LogP contribution < -0.4 is 5.43 Å². The standard InChI is InChI=1S/C14H13ClF4N2O3S/c1-3-24-13(23)7(2)25-11-5-10(9(16)4-8(11)15)21-20-6-12(22)14(17,18)19/h4-7,21H,3H2,1-2H3/b20-6+. The number of carbonyl (C=O) groups excluding carboxylic acids is 2. The monoisotopic (exact) mass is 400 g/mol. The van der Waals surface area contributed by atoms with Crippen molar-refractivity contribution in [3.63, 3.8) is 0 Å². The van der Waals surface area contributed by atoms with Crippen LogP contribution in [-0.2, 0) is 14.3 Å². The summed E-state index contributed by atoms with van der Waals surface area (Å²) in [6.45, 7) is 3.38. The maximum atomic E-state index is 13.8. The molecule has 0 bridgehead atoms. The minimum atomic E-state index is -5.07. The Kier molecular flexibility index (Phi) is 7.68. The summed E-state index contributed by atoms with van der Waals surface area (Å²) in [4.78, 5) is 22.5. The van der Waals surface area contributed by atoms with Crippen LogP contribution in [0.25, 0.3) is 0 Å². The first-order valence-corrected chi connectivity index (χ1v) is 8.04. The smallest absolute Gasteiger partial charge is 0.455 e. The van der Waals surface area contributed by atoms with Gasteiger partial charge in [0.25, 0.3) is 5.78 Å². The molecule has 0 saturated carbocycles. The molecule has 5 nitrogen and oxygen atoms in total. The summed E-state index contributed by atoms with van der Waals surface area (Å²) in [6.07, 6.45) is -5.08. The molecule has 0 saturated heterocycles. The Balaban J connectivity index is 2.91. The van der Waals surface area contributed by atoms with Crippen molar-refractivity contribution in [2.75, 3.05) is 12.0 Å². The van der Waals surface area contributed by atoms with Gasteiger partial charge in [0.05, 0.1) is 23.5 Å². The summed E-state index contributed by atoms with van der Waals surface area (Å²) >= 11 is 6.86. The third kappa shape index (κ3) is 6.54. The molecule has 1 rings (SSSR count). The molecule has 0 spiro atoms. The van der Waals surface area contributed by atoms with Gasteiger partial charge in [0, 0.05) is 4.90 Å². The molecule has 1 aromatic carbocycles. The van der Waals surface area contributed by atoms with Crippen LogP contribution in [0.15, 0.2) is 22.1 Å². The zero-order valence-corrected chi connectivity index (χ0v) is 14.6. The van der Waals surface area contributed by atoms with Gasteiger partial charge >= 0.3 is 12.1 Å². The summed E-state index contributed by atoms with van der Waals surface area (Å²) in [6, 6.07) is 2.07. The first kappa shape index (κ1) is 21.2. The largest absolute Gasteiger partial charge is 0.465 e. The van der Waals surface area contributed by atoms with E-state index in [1.54, 1.807) is 13.8 Å². The number of hydrogen-bond acceptors (Lipinski definition) is 6. The summed E-state index contributed by atoms with van der Waals surface area (Å²) in [5.41, 5.74) is 1.69. The fourth-order valence-electron chi connectivity index (χ4n) is 1.44. The molecule has 1 atom stereocenters. The van der Waals surface area contributed by atoms with Gasteiger partial charge in [0.1, 0.15) is 11.1 Å². The molecule has 11 heteroatoms. The van der Waals surface area contributed by atoms with E-state index in [0.717, 1.165) is 23.9 Å². The van der Waals surface area contributed by atoms with Crippen LogP contribution in [0.2, 0.25) is 5.02 Å². The predicted octanol–water partition coefficient (Wildman–Crippen LogP) is 4.05. The van der Waals surface area contributed by atoms with E-state index in [1.165, 1.54) is 0 Å².